The number of pyridine rings is 1. The lowest BCUT2D eigenvalue weighted by molar-refractivity contribution is 0.102. The van der Waals surface area contributed by atoms with Gasteiger partial charge in [-0.25, -0.2) is 0 Å². The number of aryl methyl sites for hydroxylation is 1. The number of rotatable bonds is 7. The molecule has 23 heavy (non-hydrogen) atoms. The summed E-state index contributed by atoms with van der Waals surface area (Å²) in [5.74, 6) is -0.224. The van der Waals surface area contributed by atoms with Crippen LogP contribution in [0.5, 0.6) is 0 Å². The normalized spacial score (nSPS) is 10.4. The third-order valence-corrected chi connectivity index (χ3v) is 3.69. The standard InChI is InChI=1S/C17H20ClN3O2/c1-12-4-5-14(9-16(12)18)21-17(22)13-8-15(11-19-10-13)20-6-3-7-23-2/h4-5,8-11,20H,3,6-7H2,1-2H3,(H,21,22). The molecule has 0 fully saturated rings. The predicted octanol–water partition coefficient (Wildman–Crippen LogP) is 3.74. The molecule has 2 rings (SSSR count). The van der Waals surface area contributed by atoms with Crippen molar-refractivity contribution in [3.8, 4) is 0 Å². The summed E-state index contributed by atoms with van der Waals surface area (Å²) >= 11 is 6.07. The quantitative estimate of drug-likeness (QED) is 0.758. The zero-order chi connectivity index (χ0) is 16.7. The lowest BCUT2D eigenvalue weighted by Crippen LogP contribution is -2.13. The number of amides is 1. The molecule has 0 saturated heterocycles. The molecule has 0 bridgehead atoms. The van der Waals surface area contributed by atoms with Crippen molar-refractivity contribution >= 4 is 28.9 Å². The van der Waals surface area contributed by atoms with Crippen LogP contribution in [-0.2, 0) is 4.74 Å². The van der Waals surface area contributed by atoms with E-state index in [0.29, 0.717) is 22.9 Å². The molecule has 0 spiro atoms. The van der Waals surface area contributed by atoms with Gasteiger partial charge in [0.15, 0.2) is 0 Å². The van der Waals surface area contributed by atoms with Crippen LogP contribution in [-0.4, -0.2) is 31.2 Å². The highest BCUT2D eigenvalue weighted by Crippen LogP contribution is 2.20. The van der Waals surface area contributed by atoms with Crippen molar-refractivity contribution in [2.24, 2.45) is 0 Å². The number of nitrogens with one attached hydrogen (secondary N) is 2. The van der Waals surface area contributed by atoms with Crippen LogP contribution in [0.2, 0.25) is 5.02 Å². The molecule has 0 aliphatic heterocycles. The summed E-state index contributed by atoms with van der Waals surface area (Å²) in [7, 11) is 1.67. The van der Waals surface area contributed by atoms with Crippen LogP contribution in [0.15, 0.2) is 36.7 Å². The van der Waals surface area contributed by atoms with Crippen molar-refractivity contribution in [1.82, 2.24) is 4.98 Å². The highest BCUT2D eigenvalue weighted by Gasteiger charge is 2.08. The molecule has 2 N–H and O–H groups in total. The first-order chi connectivity index (χ1) is 11.1. The van der Waals surface area contributed by atoms with Crippen molar-refractivity contribution < 1.29 is 9.53 Å². The van der Waals surface area contributed by atoms with Gasteiger partial charge < -0.3 is 15.4 Å². The maximum Gasteiger partial charge on any atom is 0.257 e. The van der Waals surface area contributed by atoms with E-state index >= 15 is 0 Å². The molecule has 6 heteroatoms. The van der Waals surface area contributed by atoms with Crippen LogP contribution >= 0.6 is 11.6 Å². The Morgan fingerprint density at radius 1 is 1.26 bits per heavy atom. The van der Waals surface area contributed by atoms with E-state index in [4.69, 9.17) is 16.3 Å². The fourth-order valence-corrected chi connectivity index (χ4v) is 2.16. The van der Waals surface area contributed by atoms with Crippen LogP contribution in [0, 0.1) is 6.92 Å². The number of anilines is 2. The molecule has 1 amide bonds. The van der Waals surface area contributed by atoms with E-state index in [9.17, 15) is 4.79 Å². The molecule has 1 aromatic carbocycles. The number of hydrogen-bond donors (Lipinski definition) is 2. The molecule has 5 nitrogen and oxygen atoms in total. The second kappa shape index (κ2) is 8.50. The Bertz CT molecular complexity index is 677. The van der Waals surface area contributed by atoms with E-state index in [1.54, 1.807) is 25.4 Å². The average molecular weight is 334 g/mol. The van der Waals surface area contributed by atoms with Gasteiger partial charge in [0, 0.05) is 43.4 Å². The first-order valence-corrected chi connectivity index (χ1v) is 7.73. The van der Waals surface area contributed by atoms with E-state index in [1.165, 1.54) is 6.20 Å². The number of nitrogens with zero attached hydrogens (tertiary/aromatic N) is 1. The molecule has 1 aromatic heterocycles. The van der Waals surface area contributed by atoms with E-state index in [-0.39, 0.29) is 5.91 Å². The molecule has 0 saturated carbocycles. The smallest absolute Gasteiger partial charge is 0.257 e. The third kappa shape index (κ3) is 5.23. The van der Waals surface area contributed by atoms with Gasteiger partial charge in [-0.1, -0.05) is 17.7 Å². The lowest BCUT2D eigenvalue weighted by atomic mass is 10.2. The first-order valence-electron chi connectivity index (χ1n) is 7.35. The zero-order valence-electron chi connectivity index (χ0n) is 13.2. The van der Waals surface area contributed by atoms with Gasteiger partial charge >= 0.3 is 0 Å². The molecule has 0 radical (unpaired) electrons. The average Bonchev–Trinajstić information content (AvgIpc) is 2.55. The Balaban J connectivity index is 2.00. The van der Waals surface area contributed by atoms with Gasteiger partial charge in [0.1, 0.15) is 0 Å². The summed E-state index contributed by atoms with van der Waals surface area (Å²) < 4.78 is 5.00. The Morgan fingerprint density at radius 2 is 2.09 bits per heavy atom. The maximum absolute atomic E-state index is 12.3. The molecule has 2 aromatic rings. The summed E-state index contributed by atoms with van der Waals surface area (Å²) in [5, 5.41) is 6.65. The summed E-state index contributed by atoms with van der Waals surface area (Å²) in [5.41, 5.74) is 2.91. The number of aromatic nitrogens is 1. The van der Waals surface area contributed by atoms with Crippen LogP contribution in [0.1, 0.15) is 22.3 Å². The van der Waals surface area contributed by atoms with Crippen molar-refractivity contribution in [2.75, 3.05) is 30.9 Å². The number of methoxy groups -OCH3 is 1. The molecule has 1 heterocycles. The van der Waals surface area contributed by atoms with Crippen LogP contribution in [0.25, 0.3) is 0 Å². The Morgan fingerprint density at radius 3 is 2.83 bits per heavy atom. The molecule has 0 aliphatic rings. The van der Waals surface area contributed by atoms with E-state index in [1.807, 2.05) is 19.1 Å². The Kier molecular flexibility index (Phi) is 6.38. The summed E-state index contributed by atoms with van der Waals surface area (Å²) in [6, 6.07) is 7.18. The van der Waals surface area contributed by atoms with Gasteiger partial charge in [-0.3, -0.25) is 9.78 Å². The topological polar surface area (TPSA) is 63.2 Å². The Labute approximate surface area is 141 Å². The van der Waals surface area contributed by atoms with Crippen LogP contribution < -0.4 is 10.6 Å². The van der Waals surface area contributed by atoms with Crippen molar-refractivity contribution in [1.29, 1.82) is 0 Å². The Hall–Kier alpha value is -2.11. The molecule has 0 aliphatic carbocycles. The minimum Gasteiger partial charge on any atom is -0.385 e. The largest absolute Gasteiger partial charge is 0.385 e. The van der Waals surface area contributed by atoms with Gasteiger partial charge in [0.2, 0.25) is 0 Å². The number of hydrogen-bond acceptors (Lipinski definition) is 4. The highest BCUT2D eigenvalue weighted by molar-refractivity contribution is 6.31. The molecule has 0 atom stereocenters. The van der Waals surface area contributed by atoms with Crippen molar-refractivity contribution in [3.05, 3.63) is 52.8 Å². The summed E-state index contributed by atoms with van der Waals surface area (Å²) in [6.07, 6.45) is 4.10. The van der Waals surface area contributed by atoms with Crippen LogP contribution in [0.4, 0.5) is 11.4 Å². The monoisotopic (exact) mass is 333 g/mol. The number of carbonyl (C=O) groups is 1. The third-order valence-electron chi connectivity index (χ3n) is 3.28. The van der Waals surface area contributed by atoms with E-state index < -0.39 is 0 Å². The van der Waals surface area contributed by atoms with Gasteiger partial charge in [0.25, 0.3) is 5.91 Å². The minimum absolute atomic E-state index is 0.224. The lowest BCUT2D eigenvalue weighted by Gasteiger charge is -2.09. The van der Waals surface area contributed by atoms with Gasteiger partial charge in [-0.15, -0.1) is 0 Å². The SMILES string of the molecule is COCCCNc1cncc(C(=O)Nc2ccc(C)c(Cl)c2)c1. The zero-order valence-corrected chi connectivity index (χ0v) is 14.0. The maximum atomic E-state index is 12.3. The van der Waals surface area contributed by atoms with Crippen molar-refractivity contribution in [2.45, 2.75) is 13.3 Å². The molecule has 122 valence electrons. The fraction of sp³-hybridized carbons (Fsp3) is 0.294. The van der Waals surface area contributed by atoms with Gasteiger partial charge in [-0.2, -0.15) is 0 Å². The highest BCUT2D eigenvalue weighted by atomic mass is 35.5. The summed E-state index contributed by atoms with van der Waals surface area (Å²) in [4.78, 5) is 16.4. The molecular formula is C17H20ClN3O2. The summed E-state index contributed by atoms with van der Waals surface area (Å²) in [6.45, 7) is 3.36. The molecule has 0 unspecified atom stereocenters. The number of carbonyl (C=O) groups excluding carboxylic acids is 1. The number of ether oxygens (including phenoxy) is 1. The first kappa shape index (κ1) is 17.2. The number of benzene rings is 1. The van der Waals surface area contributed by atoms with Crippen LogP contribution in [0.3, 0.4) is 0 Å². The second-order valence-electron chi connectivity index (χ2n) is 5.15. The second-order valence-corrected chi connectivity index (χ2v) is 5.56. The fourth-order valence-electron chi connectivity index (χ4n) is 1.98. The minimum atomic E-state index is -0.224. The van der Waals surface area contributed by atoms with E-state index in [0.717, 1.165) is 24.2 Å². The molecular weight excluding hydrogens is 314 g/mol. The predicted molar refractivity (Wildman–Crippen MR) is 93.4 cm³/mol. The van der Waals surface area contributed by atoms with Crippen molar-refractivity contribution in [3.63, 3.8) is 0 Å². The van der Waals surface area contributed by atoms with Gasteiger partial charge in [0.05, 0.1) is 11.3 Å². The van der Waals surface area contributed by atoms with Gasteiger partial charge in [-0.05, 0) is 37.1 Å². The number of halogens is 1. The van der Waals surface area contributed by atoms with E-state index in [2.05, 4.69) is 15.6 Å².